The van der Waals surface area contributed by atoms with E-state index in [9.17, 15) is 18.7 Å². The molecule has 30 heavy (non-hydrogen) atoms. The van der Waals surface area contributed by atoms with Gasteiger partial charge in [-0.25, -0.2) is 13.6 Å². The Hall–Kier alpha value is -1.88. The van der Waals surface area contributed by atoms with Gasteiger partial charge in [0.25, 0.3) is 12.3 Å². The molecule has 0 aliphatic carbocycles. The van der Waals surface area contributed by atoms with E-state index in [4.69, 9.17) is 9.47 Å². The molecule has 2 aliphatic rings. The second-order valence-electron chi connectivity index (χ2n) is 8.92. The molecule has 1 N–H and O–H groups in total. The summed E-state index contributed by atoms with van der Waals surface area (Å²) in [7, 11) is 0. The average molecular weight is 437 g/mol. The van der Waals surface area contributed by atoms with Crippen molar-refractivity contribution in [3.8, 4) is 0 Å². The molecule has 2 aliphatic heterocycles. The van der Waals surface area contributed by atoms with Crippen molar-refractivity contribution >= 4 is 6.09 Å². The van der Waals surface area contributed by atoms with Gasteiger partial charge in [-0.2, -0.15) is 13.9 Å². The van der Waals surface area contributed by atoms with Crippen molar-refractivity contribution in [3.63, 3.8) is 0 Å². The predicted octanol–water partition coefficient (Wildman–Crippen LogP) is 3.07. The molecule has 1 aromatic rings. The molecule has 0 saturated heterocycles. The smallest absolute Gasteiger partial charge is 0.410 e. The fraction of sp³-hybridized carbons (Fsp3) is 0.789. The maximum Gasteiger partial charge on any atom is 0.410 e. The van der Waals surface area contributed by atoms with Crippen LogP contribution in [0.2, 0.25) is 0 Å². The Kier molecular flexibility index (Phi) is 6.07. The number of fused-ring (bicyclic) bond motifs is 3. The van der Waals surface area contributed by atoms with Crippen molar-refractivity contribution in [2.45, 2.75) is 76.7 Å². The summed E-state index contributed by atoms with van der Waals surface area (Å²) in [5.41, 5.74) is -2.14. The van der Waals surface area contributed by atoms with E-state index in [2.05, 4.69) is 5.10 Å². The van der Waals surface area contributed by atoms with Crippen LogP contribution >= 0.6 is 0 Å². The summed E-state index contributed by atoms with van der Waals surface area (Å²) in [5, 5.41) is 15.0. The first-order valence-electron chi connectivity index (χ1n) is 9.83. The molecular formula is C19H27F4N3O4. The van der Waals surface area contributed by atoms with Crippen molar-refractivity contribution in [2.75, 3.05) is 19.8 Å². The average Bonchev–Trinajstić information content (AvgIpc) is 2.91. The molecule has 3 heterocycles. The van der Waals surface area contributed by atoms with Crippen molar-refractivity contribution in [1.29, 1.82) is 0 Å². The third kappa shape index (κ3) is 5.05. The maximum absolute atomic E-state index is 15.0. The highest BCUT2D eigenvalue weighted by Gasteiger charge is 2.47. The van der Waals surface area contributed by atoms with E-state index >= 15 is 8.78 Å². The summed E-state index contributed by atoms with van der Waals surface area (Å²) in [6.45, 7) is 3.67. The highest BCUT2D eigenvalue weighted by Crippen LogP contribution is 2.42. The maximum atomic E-state index is 15.0. The summed E-state index contributed by atoms with van der Waals surface area (Å²) in [5.74, 6) is -3.30. The van der Waals surface area contributed by atoms with Crippen molar-refractivity contribution in [3.05, 3.63) is 17.0 Å². The second-order valence-corrected chi connectivity index (χ2v) is 8.92. The number of rotatable bonds is 4. The minimum absolute atomic E-state index is 0.0739. The zero-order chi connectivity index (χ0) is 22.3. The largest absolute Gasteiger partial charge is 0.444 e. The highest BCUT2D eigenvalue weighted by atomic mass is 19.3. The van der Waals surface area contributed by atoms with Gasteiger partial charge in [-0.05, 0) is 27.2 Å². The Morgan fingerprint density at radius 3 is 2.63 bits per heavy atom. The monoisotopic (exact) mass is 437 g/mol. The van der Waals surface area contributed by atoms with Crippen LogP contribution in [0.15, 0.2) is 0 Å². The molecule has 1 atom stereocenters. The number of aromatic nitrogens is 2. The molecule has 0 saturated carbocycles. The molecule has 11 heteroatoms. The van der Waals surface area contributed by atoms with Crippen LogP contribution in [0.1, 0.15) is 50.6 Å². The van der Waals surface area contributed by atoms with E-state index < -0.39 is 49.3 Å². The molecule has 0 spiro atoms. The number of carbonyl (C=O) groups excluding carboxylic acids is 1. The van der Waals surface area contributed by atoms with Crippen LogP contribution in [0.3, 0.4) is 0 Å². The molecule has 7 nitrogen and oxygen atoms in total. The Morgan fingerprint density at radius 2 is 2.00 bits per heavy atom. The van der Waals surface area contributed by atoms with Crippen LogP contribution in [0.5, 0.6) is 0 Å². The number of carbonyl (C=O) groups is 1. The van der Waals surface area contributed by atoms with Crippen LogP contribution < -0.4 is 0 Å². The summed E-state index contributed by atoms with van der Waals surface area (Å²) >= 11 is 0. The van der Waals surface area contributed by atoms with Gasteiger partial charge >= 0.3 is 6.09 Å². The first kappa shape index (κ1) is 22.8. The SMILES string of the molecule is CC(C)(C)OC(=O)N1CCc2nn3c(c2C1)C(F)(F)CC[C@@](O)(COCC(F)F)C3. The quantitative estimate of drug-likeness (QED) is 0.733. The van der Waals surface area contributed by atoms with Crippen molar-refractivity contribution in [2.24, 2.45) is 0 Å². The van der Waals surface area contributed by atoms with Crippen LogP contribution in [0, 0.1) is 0 Å². The Labute approximate surface area is 171 Å². The number of hydrogen-bond donors (Lipinski definition) is 1. The van der Waals surface area contributed by atoms with Gasteiger partial charge in [-0.15, -0.1) is 0 Å². The Morgan fingerprint density at radius 1 is 1.30 bits per heavy atom. The van der Waals surface area contributed by atoms with Gasteiger partial charge in [0.05, 0.1) is 25.4 Å². The minimum Gasteiger partial charge on any atom is -0.444 e. The molecule has 0 radical (unpaired) electrons. The Bertz CT molecular complexity index is 793. The minimum atomic E-state index is -3.30. The van der Waals surface area contributed by atoms with Gasteiger partial charge < -0.3 is 19.5 Å². The van der Waals surface area contributed by atoms with E-state index in [1.807, 2.05) is 0 Å². The number of nitrogens with zero attached hydrogens (tertiary/aromatic N) is 3. The van der Waals surface area contributed by atoms with Gasteiger partial charge in [0.1, 0.15) is 23.5 Å². The van der Waals surface area contributed by atoms with E-state index in [1.165, 1.54) is 4.90 Å². The molecular weight excluding hydrogens is 410 g/mol. The summed E-state index contributed by atoms with van der Waals surface area (Å²) in [4.78, 5) is 13.7. The molecule has 0 unspecified atom stereocenters. The highest BCUT2D eigenvalue weighted by molar-refractivity contribution is 5.68. The predicted molar refractivity (Wildman–Crippen MR) is 97.5 cm³/mol. The van der Waals surface area contributed by atoms with Gasteiger partial charge in [0.2, 0.25) is 0 Å². The number of ether oxygens (including phenoxy) is 2. The number of amides is 1. The first-order chi connectivity index (χ1) is 13.8. The zero-order valence-electron chi connectivity index (χ0n) is 17.3. The van der Waals surface area contributed by atoms with Crippen LogP contribution in [-0.4, -0.2) is 63.3 Å². The molecule has 1 amide bonds. The summed E-state index contributed by atoms with van der Waals surface area (Å²) in [6.07, 6.45) is -4.07. The molecule has 0 fully saturated rings. The number of alkyl halides is 4. The lowest BCUT2D eigenvalue weighted by Crippen LogP contribution is -2.40. The van der Waals surface area contributed by atoms with Gasteiger partial charge in [0.15, 0.2) is 0 Å². The van der Waals surface area contributed by atoms with Gasteiger partial charge in [-0.3, -0.25) is 4.68 Å². The second kappa shape index (κ2) is 7.99. The first-order valence-corrected chi connectivity index (χ1v) is 9.83. The van der Waals surface area contributed by atoms with Crippen LogP contribution in [0.25, 0.3) is 0 Å². The van der Waals surface area contributed by atoms with Gasteiger partial charge in [0, 0.05) is 24.9 Å². The van der Waals surface area contributed by atoms with Crippen LogP contribution in [-0.2, 0) is 34.9 Å². The topological polar surface area (TPSA) is 76.8 Å². The number of hydrogen-bond acceptors (Lipinski definition) is 5. The van der Waals surface area contributed by atoms with E-state index in [0.717, 1.165) is 4.68 Å². The van der Waals surface area contributed by atoms with Gasteiger partial charge in [-0.1, -0.05) is 0 Å². The fourth-order valence-electron chi connectivity index (χ4n) is 3.75. The summed E-state index contributed by atoms with van der Waals surface area (Å²) in [6, 6.07) is 0. The van der Waals surface area contributed by atoms with Crippen molar-refractivity contribution in [1.82, 2.24) is 14.7 Å². The molecule has 170 valence electrons. The van der Waals surface area contributed by atoms with E-state index in [0.29, 0.717) is 5.69 Å². The Balaban J connectivity index is 1.84. The molecule has 1 aromatic heterocycles. The zero-order valence-corrected chi connectivity index (χ0v) is 17.3. The third-order valence-electron chi connectivity index (χ3n) is 5.06. The normalized spacial score (nSPS) is 23.7. The van der Waals surface area contributed by atoms with E-state index in [1.54, 1.807) is 20.8 Å². The molecule has 0 aromatic carbocycles. The number of aliphatic hydroxyl groups is 1. The third-order valence-corrected chi connectivity index (χ3v) is 5.06. The summed E-state index contributed by atoms with van der Waals surface area (Å²) < 4.78 is 65.9. The molecule has 0 bridgehead atoms. The molecule has 3 rings (SSSR count). The lowest BCUT2D eigenvalue weighted by Gasteiger charge is -2.30. The lowest BCUT2D eigenvalue weighted by atomic mass is 9.95. The van der Waals surface area contributed by atoms with Crippen LogP contribution in [0.4, 0.5) is 22.4 Å². The lowest BCUT2D eigenvalue weighted by molar-refractivity contribution is -0.0926. The number of halogens is 4. The fourth-order valence-corrected chi connectivity index (χ4v) is 3.75. The van der Waals surface area contributed by atoms with E-state index in [-0.39, 0.29) is 43.7 Å². The van der Waals surface area contributed by atoms with Crippen molar-refractivity contribution < 1.29 is 36.9 Å². The standard InChI is InChI=1S/C19H27F4N3O4/c1-17(2,3)30-16(27)25-7-4-13-12(8-25)15-19(22,23)6-5-18(28,10-26(15)24-13)11-29-9-14(20)21/h14,28H,4-11H2,1-3H3/t18-/m0/s1.